The first-order valence-corrected chi connectivity index (χ1v) is 25.6. The third-order valence-electron chi connectivity index (χ3n) is 12.7. The number of carbonyl (C=O) groups excluding carboxylic acids is 5. The summed E-state index contributed by atoms with van der Waals surface area (Å²) in [5.74, 6) is -1.26. The van der Waals surface area contributed by atoms with Gasteiger partial charge in [0.25, 0.3) is 21.9 Å². The summed E-state index contributed by atoms with van der Waals surface area (Å²) in [5, 5.41) is 36.2. The average Bonchev–Trinajstić information content (AvgIpc) is 3.96. The van der Waals surface area contributed by atoms with Gasteiger partial charge in [-0.2, -0.15) is 8.42 Å². The number of amides is 4. The van der Waals surface area contributed by atoms with Crippen molar-refractivity contribution in [1.29, 1.82) is 10.8 Å². The molecule has 6 aromatic rings. The summed E-state index contributed by atoms with van der Waals surface area (Å²) in [5.41, 5.74) is 2.01. The zero-order chi connectivity index (χ0) is 52.6. The van der Waals surface area contributed by atoms with Gasteiger partial charge in [0.2, 0.25) is 0 Å². The largest absolute Gasteiger partial charge is 0.466 e. The molecule has 3 aliphatic heterocycles. The predicted molar refractivity (Wildman–Crippen MR) is 277 cm³/mol. The standard InChI is InChI=1S/C31H34N4O6.C23H21N3O6S/c1-2-40-27(36)18-31(39)14-16-34(17-15-31)19-24-20-35(30(38)41-24)23-12-10-22(11-13-23)28(32)33-29(37)26-9-5-7-21-6-3-4-8-25(21)26;1-33(29,30)31-14-18-13-26(23(28)32-18)17-11-9-16(10-12-17)21(24)25-22(27)20-8-4-6-15-5-2-3-7-19(15)20/h3-13,24,39H,2,14-20H2,1H3,(H2,32,33,37);2-12,18H,13-14H2,1H3,(H2,24,25,27). The van der Waals surface area contributed by atoms with Crippen LogP contribution in [0.5, 0.6) is 0 Å². The number of nitrogens with one attached hydrogen (secondary N) is 4. The van der Waals surface area contributed by atoms with Gasteiger partial charge in [0.05, 0.1) is 38.0 Å². The monoisotopic (exact) mass is 1030 g/mol. The highest BCUT2D eigenvalue weighted by molar-refractivity contribution is 7.86. The number of amidine groups is 2. The minimum Gasteiger partial charge on any atom is -0.466 e. The summed E-state index contributed by atoms with van der Waals surface area (Å²) in [4.78, 5) is 67.3. The Morgan fingerprint density at radius 1 is 0.676 bits per heavy atom. The van der Waals surface area contributed by atoms with E-state index in [1.54, 1.807) is 78.6 Å². The molecule has 0 aliphatic carbocycles. The number of hydrogen-bond acceptors (Lipinski definition) is 15. The number of carbonyl (C=O) groups is 5. The van der Waals surface area contributed by atoms with E-state index in [9.17, 15) is 37.5 Å². The first kappa shape index (κ1) is 52.3. The van der Waals surface area contributed by atoms with E-state index in [0.29, 0.717) is 72.6 Å². The van der Waals surface area contributed by atoms with Crippen LogP contribution in [0.25, 0.3) is 21.5 Å². The van der Waals surface area contributed by atoms with Gasteiger partial charge in [-0.15, -0.1) is 0 Å². The Bertz CT molecular complexity index is 3210. The second kappa shape index (κ2) is 22.8. The van der Waals surface area contributed by atoms with Crippen LogP contribution >= 0.6 is 0 Å². The molecular formula is C54H55N7O12S. The number of piperidine rings is 1. The lowest BCUT2D eigenvalue weighted by Crippen LogP contribution is -2.48. The molecule has 4 amide bonds. The fraction of sp³-hybridized carbons (Fsp3) is 0.278. The van der Waals surface area contributed by atoms with Gasteiger partial charge < -0.3 is 30.0 Å². The molecule has 3 heterocycles. The zero-order valence-electron chi connectivity index (χ0n) is 40.6. The van der Waals surface area contributed by atoms with Crippen LogP contribution in [0.2, 0.25) is 0 Å². The molecule has 74 heavy (non-hydrogen) atoms. The summed E-state index contributed by atoms with van der Waals surface area (Å²) < 4.78 is 42.7. The number of anilines is 2. The molecule has 2 unspecified atom stereocenters. The van der Waals surface area contributed by atoms with Gasteiger partial charge in [0.15, 0.2) is 0 Å². The smallest absolute Gasteiger partial charge is 0.414 e. The van der Waals surface area contributed by atoms with E-state index in [-0.39, 0.29) is 49.9 Å². The summed E-state index contributed by atoms with van der Waals surface area (Å²) in [6.07, 6.45) is -0.319. The fourth-order valence-electron chi connectivity index (χ4n) is 8.91. The Labute approximate surface area is 427 Å². The number of esters is 1. The molecule has 0 radical (unpaired) electrons. The van der Waals surface area contributed by atoms with Gasteiger partial charge in [0.1, 0.15) is 30.5 Å². The van der Waals surface area contributed by atoms with Crippen LogP contribution in [0.4, 0.5) is 21.0 Å². The number of aliphatic hydroxyl groups is 1. The summed E-state index contributed by atoms with van der Waals surface area (Å²) in [6.45, 7) is 3.98. The van der Waals surface area contributed by atoms with Crippen LogP contribution < -0.4 is 20.4 Å². The second-order valence-corrected chi connectivity index (χ2v) is 19.7. The van der Waals surface area contributed by atoms with Crippen molar-refractivity contribution in [3.8, 4) is 0 Å². The number of hydrogen-bond donors (Lipinski definition) is 5. The highest BCUT2D eigenvalue weighted by Crippen LogP contribution is 2.29. The van der Waals surface area contributed by atoms with Crippen molar-refractivity contribution >= 4 is 84.7 Å². The van der Waals surface area contributed by atoms with E-state index in [2.05, 4.69) is 15.5 Å². The number of likely N-dealkylation sites (tertiary alicyclic amines) is 1. The number of rotatable bonds is 14. The van der Waals surface area contributed by atoms with Crippen LogP contribution in [-0.4, -0.2) is 130 Å². The number of cyclic esters (lactones) is 2. The topological polar surface area (TPSA) is 258 Å². The Morgan fingerprint density at radius 3 is 1.59 bits per heavy atom. The van der Waals surface area contributed by atoms with Crippen LogP contribution in [0.1, 0.15) is 58.0 Å². The van der Waals surface area contributed by atoms with E-state index in [1.165, 1.54) is 4.90 Å². The molecule has 384 valence electrons. The van der Waals surface area contributed by atoms with Gasteiger partial charge in [-0.3, -0.25) is 44.1 Å². The van der Waals surface area contributed by atoms with E-state index in [1.807, 2.05) is 66.7 Å². The Kier molecular flexibility index (Phi) is 16.1. The SMILES string of the molecule is CCOC(=O)CC1(O)CCN(CC2CN(c3ccc(C(=N)NC(=O)c4cccc5ccccc45)cc3)C(=O)O2)CC1.CS(=O)(=O)OCC1CN(c2ccc(C(=N)NC(=O)c3cccc4ccccc34)cc2)C(=O)O1. The van der Waals surface area contributed by atoms with Crippen LogP contribution in [0.3, 0.4) is 0 Å². The third kappa shape index (κ3) is 12.9. The summed E-state index contributed by atoms with van der Waals surface area (Å²) >= 11 is 0. The van der Waals surface area contributed by atoms with Gasteiger partial charge in [-0.25, -0.2) is 9.59 Å². The van der Waals surface area contributed by atoms with Gasteiger partial charge >= 0.3 is 18.2 Å². The van der Waals surface area contributed by atoms with Crippen molar-refractivity contribution in [1.82, 2.24) is 15.5 Å². The van der Waals surface area contributed by atoms with Crippen molar-refractivity contribution in [3.05, 3.63) is 156 Å². The van der Waals surface area contributed by atoms with Crippen LogP contribution in [-0.2, 0) is 33.3 Å². The maximum absolute atomic E-state index is 12.9. The van der Waals surface area contributed by atoms with E-state index >= 15 is 0 Å². The number of benzene rings is 6. The molecule has 9 rings (SSSR count). The van der Waals surface area contributed by atoms with Gasteiger partial charge in [-0.1, -0.05) is 72.8 Å². The zero-order valence-corrected chi connectivity index (χ0v) is 41.4. The van der Waals surface area contributed by atoms with E-state index in [4.69, 9.17) is 29.2 Å². The van der Waals surface area contributed by atoms with Crippen LogP contribution in [0, 0.1) is 10.8 Å². The normalized spacial score (nSPS) is 17.4. The molecule has 0 bridgehead atoms. The van der Waals surface area contributed by atoms with E-state index in [0.717, 1.165) is 27.8 Å². The molecule has 6 aromatic carbocycles. The molecule has 5 N–H and O–H groups in total. The highest BCUT2D eigenvalue weighted by Gasteiger charge is 2.39. The molecule has 2 atom stereocenters. The van der Waals surface area contributed by atoms with Crippen molar-refractivity contribution in [2.75, 3.05) is 62.0 Å². The lowest BCUT2D eigenvalue weighted by Gasteiger charge is -2.38. The molecule has 3 saturated heterocycles. The van der Waals surface area contributed by atoms with Gasteiger partial charge in [0, 0.05) is 53.3 Å². The molecule has 20 heteroatoms. The maximum atomic E-state index is 12.9. The van der Waals surface area contributed by atoms with E-state index < -0.39 is 45.9 Å². The molecule has 0 saturated carbocycles. The molecule has 0 spiro atoms. The fourth-order valence-corrected chi connectivity index (χ4v) is 9.31. The van der Waals surface area contributed by atoms with Crippen molar-refractivity contribution < 1.29 is 55.9 Å². The third-order valence-corrected chi connectivity index (χ3v) is 13.3. The van der Waals surface area contributed by atoms with Crippen molar-refractivity contribution in [2.24, 2.45) is 0 Å². The summed E-state index contributed by atoms with van der Waals surface area (Å²) in [7, 11) is -3.64. The van der Waals surface area contributed by atoms with Crippen molar-refractivity contribution in [2.45, 2.75) is 44.0 Å². The molecule has 19 nitrogen and oxygen atoms in total. The Hall–Kier alpha value is -8.04. The molecule has 3 aliphatic rings. The van der Waals surface area contributed by atoms with Crippen molar-refractivity contribution in [3.63, 3.8) is 0 Å². The Morgan fingerprint density at radius 2 is 1.12 bits per heavy atom. The molecule has 0 aromatic heterocycles. The Balaban J connectivity index is 0.000000202. The molecular weight excluding hydrogens is 971 g/mol. The number of ether oxygens (including phenoxy) is 3. The minimum absolute atomic E-state index is 0.0127. The maximum Gasteiger partial charge on any atom is 0.414 e. The molecule has 3 fully saturated rings. The predicted octanol–water partition coefficient (Wildman–Crippen LogP) is 6.60. The summed E-state index contributed by atoms with van der Waals surface area (Å²) in [6, 6.07) is 39.3. The lowest BCUT2D eigenvalue weighted by molar-refractivity contribution is -0.150. The quantitative estimate of drug-likeness (QED) is 0.0254. The van der Waals surface area contributed by atoms with Gasteiger partial charge in [-0.05, 0) is 102 Å². The second-order valence-electron chi connectivity index (χ2n) is 18.0. The minimum atomic E-state index is -3.64. The first-order valence-electron chi connectivity index (χ1n) is 23.8. The number of fused-ring (bicyclic) bond motifs is 2. The highest BCUT2D eigenvalue weighted by atomic mass is 32.2. The average molecular weight is 1030 g/mol. The lowest BCUT2D eigenvalue weighted by atomic mass is 9.88. The van der Waals surface area contributed by atoms with Crippen LogP contribution in [0.15, 0.2) is 133 Å². The number of nitrogens with zero attached hydrogens (tertiary/aromatic N) is 3. The first-order chi connectivity index (χ1) is 35.5.